The van der Waals surface area contributed by atoms with Gasteiger partial charge in [-0.2, -0.15) is 0 Å². The molecule has 0 radical (unpaired) electrons. The second-order valence-corrected chi connectivity index (χ2v) is 3.18. The highest BCUT2D eigenvalue weighted by atomic mass is 16.7. The number of carboxylic acid groups (broad SMARTS) is 4. The van der Waals surface area contributed by atoms with Crippen LogP contribution in [0.25, 0.3) is 0 Å². The lowest BCUT2D eigenvalue weighted by molar-refractivity contribution is 0.0122. The zero-order valence-corrected chi connectivity index (χ0v) is 12.5. The molecule has 24 heavy (non-hydrogen) atoms. The van der Waals surface area contributed by atoms with Crippen molar-refractivity contribution in [1.82, 2.24) is 0 Å². The summed E-state index contributed by atoms with van der Waals surface area (Å²) in [6.45, 7) is 3.45. The molecule has 0 aromatic heterocycles. The largest absolute Gasteiger partial charge is 0.506 e. The lowest BCUT2D eigenvalue weighted by Crippen LogP contribution is -2.20. The molecule has 13 nitrogen and oxygen atoms in total. The van der Waals surface area contributed by atoms with Gasteiger partial charge < -0.3 is 39.4 Å². The lowest BCUT2D eigenvalue weighted by Gasteiger charge is -2.08. The van der Waals surface area contributed by atoms with Gasteiger partial charge in [0.15, 0.2) is 0 Å². The number of hydrogen-bond acceptors (Lipinski definition) is 9. The van der Waals surface area contributed by atoms with Crippen LogP contribution in [0.4, 0.5) is 19.2 Å². The maximum atomic E-state index is 9.83. The number of ether oxygens (including phenoxy) is 4. The fraction of sp³-hybridized carbons (Fsp3) is 0.455. The fourth-order valence-electron chi connectivity index (χ4n) is 0.653. The summed E-state index contributed by atoms with van der Waals surface area (Å²) >= 11 is 0. The van der Waals surface area contributed by atoms with E-state index in [1.54, 1.807) is 5.87 Å². The van der Waals surface area contributed by atoms with Gasteiger partial charge in [0, 0.05) is 0 Å². The van der Waals surface area contributed by atoms with Crippen LogP contribution in [0.5, 0.6) is 0 Å². The van der Waals surface area contributed by atoms with E-state index in [1.807, 2.05) is 0 Å². The number of carbonyl (C=O) groups is 4. The van der Waals surface area contributed by atoms with E-state index < -0.39 is 30.7 Å². The molecule has 1 atom stereocenters. The molecule has 0 heterocycles. The monoisotopic (exact) mass is 355 g/mol. The Morgan fingerprint density at radius 3 is 1.50 bits per heavy atom. The summed E-state index contributed by atoms with van der Waals surface area (Å²) in [7, 11) is 0. The Hall–Kier alpha value is -3.47. The Kier molecular flexibility index (Phi) is 18.7. The Balaban J connectivity index is -0.000000317. The van der Waals surface area contributed by atoms with Crippen LogP contribution in [0.1, 0.15) is 6.92 Å². The van der Waals surface area contributed by atoms with Crippen LogP contribution < -0.4 is 0 Å². The molecule has 0 bridgehead atoms. The standard InChI is InChI=1S/C5H8O6.C4H6O6.C2H3N/c1-3(11-5(8)9)2-10-4(6)7;5-3(6)9-1-2-10-4(7)8;1-2-3/h3H,2H2,1H3,(H,6,7)(H,8,9);1-2H2,(H,5,6)(H,7,8);3H,1H2. The highest BCUT2D eigenvalue weighted by Gasteiger charge is 2.09. The van der Waals surface area contributed by atoms with Crippen molar-refractivity contribution < 1.29 is 58.6 Å². The molecule has 0 saturated carbocycles. The molecule has 0 aromatic rings. The maximum absolute atomic E-state index is 9.83. The van der Waals surface area contributed by atoms with Gasteiger partial charge in [0.1, 0.15) is 25.9 Å². The van der Waals surface area contributed by atoms with Gasteiger partial charge in [-0.15, -0.1) is 0 Å². The highest BCUT2D eigenvalue weighted by molar-refractivity contribution is 5.58. The number of hydrogen-bond donors (Lipinski definition) is 5. The first kappa shape index (κ1) is 25.5. The molecule has 13 heteroatoms. The van der Waals surface area contributed by atoms with Gasteiger partial charge in [0.05, 0.1) is 0 Å². The average molecular weight is 355 g/mol. The Morgan fingerprint density at radius 2 is 1.25 bits per heavy atom. The van der Waals surface area contributed by atoms with E-state index >= 15 is 0 Å². The summed E-state index contributed by atoms with van der Waals surface area (Å²) in [5.41, 5.74) is 0. The van der Waals surface area contributed by atoms with Crippen molar-refractivity contribution in [2.45, 2.75) is 13.0 Å². The van der Waals surface area contributed by atoms with Gasteiger partial charge in [0.25, 0.3) is 0 Å². The van der Waals surface area contributed by atoms with Crippen molar-refractivity contribution in [3.8, 4) is 0 Å². The molecule has 138 valence electrons. The predicted molar refractivity (Wildman–Crippen MR) is 73.9 cm³/mol. The van der Waals surface area contributed by atoms with Gasteiger partial charge in [-0.3, -0.25) is 5.41 Å². The normalized spacial score (nSPS) is 9.21. The molecular weight excluding hydrogens is 338 g/mol. The molecule has 1 unspecified atom stereocenters. The minimum atomic E-state index is -1.45. The number of nitrogens with one attached hydrogen (secondary N) is 1. The number of rotatable bonds is 6. The zero-order chi connectivity index (χ0) is 19.5. The molecular formula is C11H17NO12. The first-order valence-corrected chi connectivity index (χ1v) is 5.72. The molecule has 0 aromatic carbocycles. The van der Waals surface area contributed by atoms with Crippen LogP contribution in [-0.4, -0.2) is 76.8 Å². The summed E-state index contributed by atoms with van der Waals surface area (Å²) in [4.78, 5) is 38.8. The van der Waals surface area contributed by atoms with Gasteiger partial charge >= 0.3 is 24.6 Å². The second-order valence-electron chi connectivity index (χ2n) is 3.18. The minimum absolute atomic E-state index is 0.276. The smallest absolute Gasteiger partial charge is 0.450 e. The molecule has 0 fully saturated rings. The van der Waals surface area contributed by atoms with Gasteiger partial charge in [-0.05, 0) is 19.4 Å². The Bertz CT molecular complexity index is 413. The first-order chi connectivity index (χ1) is 11.1. The topological polar surface area (TPSA) is 210 Å². The third-order valence-electron chi connectivity index (χ3n) is 1.28. The van der Waals surface area contributed by atoms with Crippen LogP contribution in [0, 0.1) is 5.41 Å². The fourth-order valence-corrected chi connectivity index (χ4v) is 0.653. The molecule has 0 aliphatic heterocycles. The summed E-state index contributed by atoms with van der Waals surface area (Å²) in [5, 5.41) is 37.5. The van der Waals surface area contributed by atoms with E-state index in [9.17, 15) is 19.2 Å². The van der Waals surface area contributed by atoms with E-state index in [0.29, 0.717) is 0 Å². The van der Waals surface area contributed by atoms with Crippen molar-refractivity contribution in [2.24, 2.45) is 0 Å². The minimum Gasteiger partial charge on any atom is -0.450 e. The molecule has 0 aliphatic rings. The highest BCUT2D eigenvalue weighted by Crippen LogP contribution is 1.92. The van der Waals surface area contributed by atoms with Crippen molar-refractivity contribution in [3.63, 3.8) is 0 Å². The van der Waals surface area contributed by atoms with Crippen LogP contribution in [0.2, 0.25) is 0 Å². The van der Waals surface area contributed by atoms with Crippen LogP contribution in [-0.2, 0) is 18.9 Å². The lowest BCUT2D eigenvalue weighted by atomic mass is 10.4. The molecule has 0 spiro atoms. The first-order valence-electron chi connectivity index (χ1n) is 5.72. The molecule has 0 aliphatic carbocycles. The third kappa shape index (κ3) is 36.3. The maximum Gasteiger partial charge on any atom is 0.506 e. The van der Waals surface area contributed by atoms with E-state index in [2.05, 4.69) is 25.5 Å². The van der Waals surface area contributed by atoms with Crippen molar-refractivity contribution in [2.75, 3.05) is 19.8 Å². The zero-order valence-electron chi connectivity index (χ0n) is 12.5. The van der Waals surface area contributed by atoms with E-state index in [0.717, 1.165) is 0 Å². The quantitative estimate of drug-likeness (QED) is 0.199. The van der Waals surface area contributed by atoms with Crippen molar-refractivity contribution in [3.05, 3.63) is 6.58 Å². The summed E-state index contributed by atoms with van der Waals surface area (Å²) in [5.74, 6) is 1.75. The van der Waals surface area contributed by atoms with E-state index in [1.165, 1.54) is 6.92 Å². The molecule has 5 N–H and O–H groups in total. The summed E-state index contributed by atoms with van der Waals surface area (Å²) in [6, 6.07) is 0. The summed E-state index contributed by atoms with van der Waals surface area (Å²) in [6.07, 6.45) is -6.58. The second kappa shape index (κ2) is 17.6. The van der Waals surface area contributed by atoms with Gasteiger partial charge in [-0.1, -0.05) is 0 Å². The third-order valence-corrected chi connectivity index (χ3v) is 1.28. The van der Waals surface area contributed by atoms with Crippen LogP contribution >= 0.6 is 0 Å². The summed E-state index contributed by atoms with van der Waals surface area (Å²) < 4.78 is 16.0. The molecule has 0 saturated heterocycles. The van der Waals surface area contributed by atoms with Crippen LogP contribution in [0.15, 0.2) is 6.58 Å². The van der Waals surface area contributed by atoms with Gasteiger partial charge in [0.2, 0.25) is 0 Å². The van der Waals surface area contributed by atoms with E-state index in [4.69, 9.17) is 25.8 Å². The Morgan fingerprint density at radius 1 is 0.917 bits per heavy atom. The van der Waals surface area contributed by atoms with Crippen LogP contribution in [0.3, 0.4) is 0 Å². The predicted octanol–water partition coefficient (Wildman–Crippen LogP) is 1.56. The SMILES string of the molecule is C=C=N.CC(COC(=O)O)OC(=O)O.O=C(O)OCCOC(=O)O. The molecule has 0 amide bonds. The van der Waals surface area contributed by atoms with Crippen molar-refractivity contribution in [1.29, 1.82) is 5.41 Å². The average Bonchev–Trinajstić information content (AvgIpc) is 2.42. The molecule has 0 rings (SSSR count). The Labute approximate surface area is 135 Å². The van der Waals surface area contributed by atoms with Crippen molar-refractivity contribution >= 4 is 30.5 Å². The van der Waals surface area contributed by atoms with Gasteiger partial charge in [-0.25, -0.2) is 19.2 Å². The van der Waals surface area contributed by atoms with E-state index in [-0.39, 0.29) is 19.8 Å².